The number of nitrogens with two attached hydrogens (primary N) is 1. The molecule has 0 radical (unpaired) electrons. The van der Waals surface area contributed by atoms with Crippen molar-refractivity contribution in [2.75, 3.05) is 6.54 Å². The lowest BCUT2D eigenvalue weighted by molar-refractivity contribution is -0.129. The van der Waals surface area contributed by atoms with Gasteiger partial charge in [-0.25, -0.2) is 0 Å². The molecule has 1 aromatic rings. The van der Waals surface area contributed by atoms with E-state index in [4.69, 9.17) is 11.0 Å². The fraction of sp³-hybridized carbons (Fsp3) is 0.400. The van der Waals surface area contributed by atoms with Gasteiger partial charge in [0.05, 0.1) is 18.2 Å². The lowest BCUT2D eigenvalue weighted by Crippen LogP contribution is -2.33. The van der Waals surface area contributed by atoms with Gasteiger partial charge in [0.25, 0.3) is 0 Å². The van der Waals surface area contributed by atoms with E-state index < -0.39 is 0 Å². The van der Waals surface area contributed by atoms with Crippen LogP contribution in [0.5, 0.6) is 0 Å². The van der Waals surface area contributed by atoms with E-state index >= 15 is 0 Å². The third-order valence-corrected chi connectivity index (χ3v) is 3.39. The number of hydrogen-bond donors (Lipinski definition) is 1. The number of likely N-dealkylation sites (tertiary alicyclic amines) is 1. The molecule has 1 amide bonds. The molecule has 78 valence electrons. The maximum atomic E-state index is 11.5. The first-order valence-electron chi connectivity index (χ1n) is 4.72. The summed E-state index contributed by atoms with van der Waals surface area (Å²) in [5.74, 6) is 0.0157. The number of carbonyl (C=O) groups excluding carboxylic acids is 1. The Morgan fingerprint density at radius 1 is 1.73 bits per heavy atom. The Kier molecular flexibility index (Phi) is 2.71. The molecule has 1 fully saturated rings. The van der Waals surface area contributed by atoms with Crippen molar-refractivity contribution < 1.29 is 4.79 Å². The first kappa shape index (κ1) is 10.1. The zero-order valence-electron chi connectivity index (χ0n) is 8.14. The van der Waals surface area contributed by atoms with Gasteiger partial charge in [-0.3, -0.25) is 4.79 Å². The highest BCUT2D eigenvalue weighted by Crippen LogP contribution is 2.19. The molecule has 0 aromatic carbocycles. The van der Waals surface area contributed by atoms with Crippen LogP contribution in [0.4, 0.5) is 0 Å². The quantitative estimate of drug-likeness (QED) is 0.798. The van der Waals surface area contributed by atoms with Crippen LogP contribution in [-0.4, -0.2) is 23.4 Å². The summed E-state index contributed by atoms with van der Waals surface area (Å²) in [6, 6.07) is 3.56. The number of nitrogens with zero attached hydrogens (tertiary/aromatic N) is 2. The van der Waals surface area contributed by atoms with Crippen molar-refractivity contribution >= 4 is 17.2 Å². The first-order chi connectivity index (χ1) is 7.20. The molecule has 2 N–H and O–H groups in total. The average molecular weight is 221 g/mol. The van der Waals surface area contributed by atoms with E-state index in [9.17, 15) is 4.79 Å². The van der Waals surface area contributed by atoms with Gasteiger partial charge in [0.15, 0.2) is 0 Å². The zero-order chi connectivity index (χ0) is 10.8. The Balaban J connectivity index is 2.04. The Labute approximate surface area is 91.9 Å². The van der Waals surface area contributed by atoms with Gasteiger partial charge in [-0.15, -0.1) is 11.3 Å². The fourth-order valence-corrected chi connectivity index (χ4v) is 2.45. The number of nitriles is 1. The molecule has 2 heterocycles. The summed E-state index contributed by atoms with van der Waals surface area (Å²) in [4.78, 5) is 14.3. The molecule has 1 aliphatic heterocycles. The maximum Gasteiger partial charge on any atom is 0.239 e. The van der Waals surface area contributed by atoms with Crippen molar-refractivity contribution in [2.24, 2.45) is 5.73 Å². The van der Waals surface area contributed by atoms with Gasteiger partial charge in [0.2, 0.25) is 5.91 Å². The topological polar surface area (TPSA) is 70.1 Å². The molecule has 5 heteroatoms. The summed E-state index contributed by atoms with van der Waals surface area (Å²) in [5, 5.41) is 10.5. The van der Waals surface area contributed by atoms with Crippen molar-refractivity contribution in [1.29, 1.82) is 5.26 Å². The second kappa shape index (κ2) is 4.01. The Morgan fingerprint density at radius 2 is 2.53 bits per heavy atom. The number of thiophene rings is 1. The number of rotatable bonds is 2. The van der Waals surface area contributed by atoms with Gasteiger partial charge >= 0.3 is 0 Å². The molecule has 0 aliphatic carbocycles. The van der Waals surface area contributed by atoms with Gasteiger partial charge in [-0.2, -0.15) is 5.26 Å². The molecule has 1 aliphatic rings. The largest absolute Gasteiger partial charge is 0.336 e. The SMILES string of the molecule is N#Cc1csc(CN2CC[C@H](N)C2=O)c1. The Hall–Kier alpha value is -1.38. The van der Waals surface area contributed by atoms with E-state index in [0.717, 1.165) is 17.8 Å². The second-order valence-electron chi connectivity index (χ2n) is 3.57. The molecule has 15 heavy (non-hydrogen) atoms. The lowest BCUT2D eigenvalue weighted by Gasteiger charge is -2.14. The van der Waals surface area contributed by atoms with Gasteiger partial charge in [-0.05, 0) is 12.5 Å². The molecule has 0 bridgehead atoms. The third kappa shape index (κ3) is 2.01. The van der Waals surface area contributed by atoms with Crippen LogP contribution in [-0.2, 0) is 11.3 Å². The molecule has 4 nitrogen and oxygen atoms in total. The molecular formula is C10H11N3OS. The van der Waals surface area contributed by atoms with E-state index in [1.165, 1.54) is 11.3 Å². The summed E-state index contributed by atoms with van der Waals surface area (Å²) in [6.45, 7) is 1.30. The molecular weight excluding hydrogens is 210 g/mol. The Bertz CT molecular complexity index is 421. The molecule has 0 unspecified atom stereocenters. The molecule has 1 atom stereocenters. The number of hydrogen-bond acceptors (Lipinski definition) is 4. The van der Waals surface area contributed by atoms with Gasteiger partial charge < -0.3 is 10.6 Å². The molecule has 0 saturated carbocycles. The van der Waals surface area contributed by atoms with Crippen LogP contribution in [0.25, 0.3) is 0 Å². The van der Waals surface area contributed by atoms with Crippen LogP contribution in [0.15, 0.2) is 11.4 Å². The normalized spacial score (nSPS) is 20.7. The maximum absolute atomic E-state index is 11.5. The van der Waals surface area contributed by atoms with E-state index in [1.54, 1.807) is 10.3 Å². The summed E-state index contributed by atoms with van der Waals surface area (Å²) in [7, 11) is 0. The van der Waals surface area contributed by atoms with Crippen molar-refractivity contribution in [3.05, 3.63) is 21.9 Å². The van der Waals surface area contributed by atoms with Gasteiger partial charge in [-0.1, -0.05) is 0 Å². The van der Waals surface area contributed by atoms with Crippen LogP contribution in [0.3, 0.4) is 0 Å². The monoisotopic (exact) mass is 221 g/mol. The van der Waals surface area contributed by atoms with Crippen LogP contribution >= 0.6 is 11.3 Å². The van der Waals surface area contributed by atoms with E-state index in [1.807, 2.05) is 6.07 Å². The molecule has 0 spiro atoms. The Morgan fingerprint density at radius 3 is 3.07 bits per heavy atom. The van der Waals surface area contributed by atoms with Crippen molar-refractivity contribution in [3.8, 4) is 6.07 Å². The predicted molar refractivity (Wildman–Crippen MR) is 57.0 cm³/mol. The fourth-order valence-electron chi connectivity index (χ4n) is 1.63. The average Bonchev–Trinajstić information content (AvgIpc) is 2.80. The van der Waals surface area contributed by atoms with E-state index in [2.05, 4.69) is 6.07 Å². The van der Waals surface area contributed by atoms with Gasteiger partial charge in [0.1, 0.15) is 6.07 Å². The van der Waals surface area contributed by atoms with Crippen LogP contribution in [0.2, 0.25) is 0 Å². The molecule has 1 saturated heterocycles. The third-order valence-electron chi connectivity index (χ3n) is 2.47. The predicted octanol–water partition coefficient (Wildman–Crippen LogP) is 0.679. The smallest absolute Gasteiger partial charge is 0.239 e. The van der Waals surface area contributed by atoms with Crippen LogP contribution in [0, 0.1) is 11.3 Å². The summed E-state index contributed by atoms with van der Waals surface area (Å²) in [6.07, 6.45) is 0.731. The van der Waals surface area contributed by atoms with Crippen molar-refractivity contribution in [3.63, 3.8) is 0 Å². The van der Waals surface area contributed by atoms with Crippen molar-refractivity contribution in [1.82, 2.24) is 4.90 Å². The zero-order valence-corrected chi connectivity index (χ0v) is 8.96. The first-order valence-corrected chi connectivity index (χ1v) is 5.60. The summed E-state index contributed by atoms with van der Waals surface area (Å²) < 4.78 is 0. The second-order valence-corrected chi connectivity index (χ2v) is 4.56. The minimum Gasteiger partial charge on any atom is -0.336 e. The van der Waals surface area contributed by atoms with Crippen molar-refractivity contribution in [2.45, 2.75) is 19.0 Å². The van der Waals surface area contributed by atoms with Gasteiger partial charge in [0, 0.05) is 16.8 Å². The highest BCUT2D eigenvalue weighted by Gasteiger charge is 2.28. The van der Waals surface area contributed by atoms with E-state index in [-0.39, 0.29) is 11.9 Å². The summed E-state index contributed by atoms with van der Waals surface area (Å²) >= 11 is 1.51. The number of amides is 1. The lowest BCUT2D eigenvalue weighted by atomic mass is 10.3. The summed E-state index contributed by atoms with van der Waals surface area (Å²) in [5.41, 5.74) is 6.27. The molecule has 1 aromatic heterocycles. The highest BCUT2D eigenvalue weighted by molar-refractivity contribution is 7.10. The van der Waals surface area contributed by atoms with Crippen LogP contribution in [0.1, 0.15) is 16.9 Å². The minimum absolute atomic E-state index is 0.0157. The minimum atomic E-state index is -0.333. The highest BCUT2D eigenvalue weighted by atomic mass is 32.1. The standard InChI is InChI=1S/C10H11N3OS/c11-4-7-3-8(15-6-7)5-13-2-1-9(12)10(13)14/h3,6,9H,1-2,5,12H2/t9-/m0/s1. The molecule has 2 rings (SSSR count). The van der Waals surface area contributed by atoms with E-state index in [0.29, 0.717) is 12.1 Å². The number of carbonyl (C=O) groups is 1. The van der Waals surface area contributed by atoms with Crippen LogP contribution < -0.4 is 5.73 Å².